The average molecular weight is 298 g/mol. The Morgan fingerprint density at radius 1 is 1.41 bits per heavy atom. The van der Waals surface area contributed by atoms with Crippen LogP contribution in [-0.4, -0.2) is 23.2 Å². The van der Waals surface area contributed by atoms with Crippen LogP contribution in [0.4, 0.5) is 4.39 Å². The van der Waals surface area contributed by atoms with E-state index in [1.165, 1.54) is 12.1 Å². The molecule has 1 aromatic heterocycles. The van der Waals surface area contributed by atoms with Crippen LogP contribution in [0.3, 0.4) is 0 Å². The van der Waals surface area contributed by atoms with E-state index in [1.807, 2.05) is 0 Å². The summed E-state index contributed by atoms with van der Waals surface area (Å²) >= 11 is 3.29. The number of halogens is 2. The van der Waals surface area contributed by atoms with E-state index < -0.39 is 0 Å². The van der Waals surface area contributed by atoms with Crippen LogP contribution < -0.4 is 5.32 Å². The van der Waals surface area contributed by atoms with Gasteiger partial charge in [0.1, 0.15) is 5.82 Å². The molecule has 3 rings (SSSR count). The van der Waals surface area contributed by atoms with E-state index >= 15 is 0 Å². The van der Waals surface area contributed by atoms with Gasteiger partial charge in [-0.05, 0) is 34.1 Å². The lowest BCUT2D eigenvalue weighted by Crippen LogP contribution is -2.40. The molecule has 4 nitrogen and oxygen atoms in total. The van der Waals surface area contributed by atoms with Gasteiger partial charge in [-0.25, -0.2) is 4.39 Å². The van der Waals surface area contributed by atoms with Crippen molar-refractivity contribution >= 4 is 15.9 Å². The molecule has 17 heavy (non-hydrogen) atoms. The first kappa shape index (κ1) is 10.9. The lowest BCUT2D eigenvalue weighted by Gasteiger charge is -2.22. The summed E-state index contributed by atoms with van der Waals surface area (Å²) in [6, 6.07) is 4.39. The minimum absolute atomic E-state index is 0.299. The largest absolute Gasteiger partial charge is 0.339 e. The van der Waals surface area contributed by atoms with Crippen LogP contribution in [0, 0.1) is 5.82 Å². The van der Waals surface area contributed by atoms with Gasteiger partial charge in [0.2, 0.25) is 11.7 Å². The van der Waals surface area contributed by atoms with Gasteiger partial charge in [0.15, 0.2) is 0 Å². The van der Waals surface area contributed by atoms with Gasteiger partial charge in [-0.15, -0.1) is 0 Å². The molecular weight excluding hydrogens is 289 g/mol. The molecule has 1 aromatic carbocycles. The molecule has 1 saturated heterocycles. The molecule has 0 saturated carbocycles. The predicted molar refractivity (Wildman–Crippen MR) is 63.0 cm³/mol. The molecular formula is C11H9BrFN3O. The molecule has 0 radical (unpaired) electrons. The number of hydrogen-bond donors (Lipinski definition) is 1. The smallest absolute Gasteiger partial charge is 0.232 e. The highest BCUT2D eigenvalue weighted by molar-refractivity contribution is 9.10. The summed E-state index contributed by atoms with van der Waals surface area (Å²) in [5.74, 6) is 1.12. The molecule has 1 N–H and O–H groups in total. The molecule has 2 heterocycles. The van der Waals surface area contributed by atoms with Crippen LogP contribution >= 0.6 is 15.9 Å². The van der Waals surface area contributed by atoms with Crippen molar-refractivity contribution in [1.29, 1.82) is 0 Å². The fourth-order valence-electron chi connectivity index (χ4n) is 1.64. The Hall–Kier alpha value is -1.27. The number of hydrogen-bond acceptors (Lipinski definition) is 4. The SMILES string of the molecule is Fc1ccc(-c2noc(C3CNC3)n2)c(Br)c1. The van der Waals surface area contributed by atoms with Crippen molar-refractivity contribution in [2.24, 2.45) is 0 Å². The van der Waals surface area contributed by atoms with Gasteiger partial charge in [-0.2, -0.15) is 4.98 Å². The number of aromatic nitrogens is 2. The molecule has 0 aliphatic carbocycles. The third-order valence-electron chi connectivity index (χ3n) is 2.74. The molecule has 2 aromatic rings. The summed E-state index contributed by atoms with van der Waals surface area (Å²) < 4.78 is 18.8. The second-order valence-corrected chi connectivity index (χ2v) is 4.79. The summed E-state index contributed by atoms with van der Waals surface area (Å²) in [6.45, 7) is 1.73. The van der Waals surface area contributed by atoms with Crippen molar-refractivity contribution in [2.75, 3.05) is 13.1 Å². The fraction of sp³-hybridized carbons (Fsp3) is 0.273. The highest BCUT2D eigenvalue weighted by atomic mass is 79.9. The van der Waals surface area contributed by atoms with Crippen molar-refractivity contribution in [3.05, 3.63) is 34.4 Å². The summed E-state index contributed by atoms with van der Waals surface area (Å²) in [7, 11) is 0. The molecule has 0 unspecified atom stereocenters. The Labute approximate surface area is 105 Å². The first-order valence-electron chi connectivity index (χ1n) is 5.24. The number of benzene rings is 1. The third-order valence-corrected chi connectivity index (χ3v) is 3.40. The molecule has 1 aliphatic heterocycles. The van der Waals surface area contributed by atoms with E-state index in [1.54, 1.807) is 6.07 Å². The van der Waals surface area contributed by atoms with Crippen molar-refractivity contribution in [1.82, 2.24) is 15.5 Å². The van der Waals surface area contributed by atoms with Crippen LogP contribution in [0.5, 0.6) is 0 Å². The van der Waals surface area contributed by atoms with Gasteiger partial charge in [0, 0.05) is 23.1 Å². The Kier molecular flexibility index (Phi) is 2.68. The topological polar surface area (TPSA) is 51.0 Å². The zero-order valence-corrected chi connectivity index (χ0v) is 10.4. The minimum atomic E-state index is -0.299. The van der Waals surface area contributed by atoms with Crippen LogP contribution in [-0.2, 0) is 0 Å². The highest BCUT2D eigenvalue weighted by Crippen LogP contribution is 2.28. The van der Waals surface area contributed by atoms with Crippen molar-refractivity contribution < 1.29 is 8.91 Å². The van der Waals surface area contributed by atoms with E-state index in [-0.39, 0.29) is 5.82 Å². The lowest BCUT2D eigenvalue weighted by atomic mass is 10.0. The van der Waals surface area contributed by atoms with Crippen LogP contribution in [0.2, 0.25) is 0 Å². The molecule has 0 amide bonds. The second kappa shape index (κ2) is 4.19. The van der Waals surface area contributed by atoms with E-state index in [0.29, 0.717) is 22.1 Å². The first-order valence-corrected chi connectivity index (χ1v) is 6.03. The van der Waals surface area contributed by atoms with Gasteiger partial charge < -0.3 is 9.84 Å². The van der Waals surface area contributed by atoms with Crippen LogP contribution in [0.1, 0.15) is 11.8 Å². The van der Waals surface area contributed by atoms with Crippen molar-refractivity contribution in [2.45, 2.75) is 5.92 Å². The molecule has 0 bridgehead atoms. The lowest BCUT2D eigenvalue weighted by molar-refractivity contribution is 0.308. The average Bonchev–Trinajstić information content (AvgIpc) is 2.64. The quantitative estimate of drug-likeness (QED) is 0.924. The van der Waals surface area contributed by atoms with Crippen LogP contribution in [0.15, 0.2) is 27.2 Å². The van der Waals surface area contributed by atoms with Crippen LogP contribution in [0.25, 0.3) is 11.4 Å². The summed E-state index contributed by atoms with van der Waals surface area (Å²) in [6.07, 6.45) is 0. The fourth-order valence-corrected chi connectivity index (χ4v) is 2.17. The maximum Gasteiger partial charge on any atom is 0.232 e. The minimum Gasteiger partial charge on any atom is -0.339 e. The maximum absolute atomic E-state index is 13.0. The standard InChI is InChI=1S/C11H9BrFN3O/c12-9-3-7(13)1-2-8(9)10-15-11(17-16-10)6-4-14-5-6/h1-3,6,14H,4-5H2. The Bertz CT molecular complexity index is 553. The molecule has 88 valence electrons. The van der Waals surface area contributed by atoms with Gasteiger partial charge >= 0.3 is 0 Å². The van der Waals surface area contributed by atoms with Gasteiger partial charge in [-0.1, -0.05) is 5.16 Å². The molecule has 6 heteroatoms. The number of rotatable bonds is 2. The Morgan fingerprint density at radius 2 is 2.24 bits per heavy atom. The van der Waals surface area contributed by atoms with Crippen molar-refractivity contribution in [3.8, 4) is 11.4 Å². The van der Waals surface area contributed by atoms with Gasteiger partial charge in [0.05, 0.1) is 5.92 Å². The van der Waals surface area contributed by atoms with E-state index in [2.05, 4.69) is 31.4 Å². The third kappa shape index (κ3) is 1.98. The molecule has 0 atom stereocenters. The molecule has 1 aliphatic rings. The summed E-state index contributed by atoms with van der Waals surface area (Å²) in [5.41, 5.74) is 0.730. The summed E-state index contributed by atoms with van der Waals surface area (Å²) in [5, 5.41) is 7.05. The Morgan fingerprint density at radius 3 is 2.88 bits per heavy atom. The van der Waals surface area contributed by atoms with E-state index in [9.17, 15) is 4.39 Å². The van der Waals surface area contributed by atoms with Gasteiger partial charge in [0.25, 0.3) is 0 Å². The van der Waals surface area contributed by atoms with E-state index in [4.69, 9.17) is 4.52 Å². The zero-order chi connectivity index (χ0) is 11.8. The normalized spacial score (nSPS) is 15.9. The highest BCUT2D eigenvalue weighted by Gasteiger charge is 2.25. The number of nitrogens with one attached hydrogen (secondary N) is 1. The second-order valence-electron chi connectivity index (χ2n) is 3.94. The monoisotopic (exact) mass is 297 g/mol. The first-order chi connectivity index (χ1) is 8.24. The Balaban J connectivity index is 1.94. The maximum atomic E-state index is 13.0. The van der Waals surface area contributed by atoms with E-state index in [0.717, 1.165) is 18.7 Å². The van der Waals surface area contributed by atoms with Gasteiger partial charge in [-0.3, -0.25) is 0 Å². The van der Waals surface area contributed by atoms with Crippen molar-refractivity contribution in [3.63, 3.8) is 0 Å². The summed E-state index contributed by atoms with van der Waals surface area (Å²) in [4.78, 5) is 4.32. The predicted octanol–water partition coefficient (Wildman–Crippen LogP) is 2.33. The molecule has 1 fully saturated rings. The molecule has 0 spiro atoms. The zero-order valence-electron chi connectivity index (χ0n) is 8.78. The number of nitrogens with zero attached hydrogens (tertiary/aromatic N) is 2.